The molecule has 3 atom stereocenters. The van der Waals surface area contributed by atoms with Crippen molar-refractivity contribution in [3.63, 3.8) is 0 Å². The van der Waals surface area contributed by atoms with Crippen LogP contribution in [-0.2, 0) is 14.3 Å². The van der Waals surface area contributed by atoms with Crippen LogP contribution >= 0.6 is 0 Å². The highest BCUT2D eigenvalue weighted by Gasteiger charge is 2.46. The summed E-state index contributed by atoms with van der Waals surface area (Å²) >= 11 is 0. The number of ether oxygens (including phenoxy) is 2. The smallest absolute Gasteiger partial charge is 0.232 e. The molecule has 6 nitrogen and oxygen atoms in total. The van der Waals surface area contributed by atoms with Crippen molar-refractivity contribution in [2.75, 3.05) is 61.2 Å². The SMILES string of the molecule is COCC(C)(COC)C(=O)N(C)CCCN(C)CCC1(O)CC2CCC1C=C2c1ccccc1. The van der Waals surface area contributed by atoms with E-state index in [0.717, 1.165) is 38.8 Å². The molecule has 1 aromatic rings. The van der Waals surface area contributed by atoms with Crippen LogP contribution in [0.3, 0.4) is 0 Å². The minimum Gasteiger partial charge on any atom is -0.389 e. The number of rotatable bonds is 13. The molecule has 0 radical (unpaired) electrons. The quantitative estimate of drug-likeness (QED) is 0.474. The van der Waals surface area contributed by atoms with E-state index in [1.165, 1.54) is 17.6 Å². The molecule has 1 saturated carbocycles. The highest BCUT2D eigenvalue weighted by molar-refractivity contribution is 5.82. The number of hydrogen-bond acceptors (Lipinski definition) is 5. The van der Waals surface area contributed by atoms with Crippen molar-refractivity contribution in [3.8, 4) is 0 Å². The molecule has 2 bridgehead atoms. The fraction of sp³-hybridized carbons (Fsp3) is 0.679. The lowest BCUT2D eigenvalue weighted by atomic mass is 9.61. The van der Waals surface area contributed by atoms with Crippen molar-refractivity contribution in [2.45, 2.75) is 44.6 Å². The van der Waals surface area contributed by atoms with E-state index in [1.807, 2.05) is 14.0 Å². The predicted molar refractivity (Wildman–Crippen MR) is 136 cm³/mol. The Labute approximate surface area is 205 Å². The van der Waals surface area contributed by atoms with Crippen LogP contribution in [0.1, 0.15) is 44.6 Å². The Hall–Kier alpha value is -1.73. The molecule has 3 aliphatic rings. The molecule has 0 aromatic heterocycles. The van der Waals surface area contributed by atoms with Gasteiger partial charge in [0, 0.05) is 40.3 Å². The number of hydrogen-bond donors (Lipinski definition) is 1. The third-order valence-corrected chi connectivity index (χ3v) is 7.79. The van der Waals surface area contributed by atoms with Gasteiger partial charge in [-0.1, -0.05) is 36.4 Å². The van der Waals surface area contributed by atoms with Gasteiger partial charge < -0.3 is 24.4 Å². The first-order valence-electron chi connectivity index (χ1n) is 12.6. The lowest BCUT2D eigenvalue weighted by Gasteiger charge is -2.48. The van der Waals surface area contributed by atoms with E-state index in [2.05, 4.69) is 48.4 Å². The van der Waals surface area contributed by atoms with Gasteiger partial charge in [0.25, 0.3) is 0 Å². The lowest BCUT2D eigenvalue weighted by molar-refractivity contribution is -0.146. The summed E-state index contributed by atoms with van der Waals surface area (Å²) < 4.78 is 10.5. The van der Waals surface area contributed by atoms with Crippen molar-refractivity contribution in [1.29, 1.82) is 0 Å². The largest absolute Gasteiger partial charge is 0.389 e. The van der Waals surface area contributed by atoms with Crippen LogP contribution in [0, 0.1) is 17.3 Å². The summed E-state index contributed by atoms with van der Waals surface area (Å²) in [5.74, 6) is 0.743. The third-order valence-electron chi connectivity index (χ3n) is 7.79. The molecule has 0 aliphatic heterocycles. The number of carbonyl (C=O) groups excluding carboxylic acids is 1. The first kappa shape index (κ1) is 26.9. The van der Waals surface area contributed by atoms with Crippen LogP contribution in [0.5, 0.6) is 0 Å². The molecule has 1 fully saturated rings. The van der Waals surface area contributed by atoms with Gasteiger partial charge in [-0.3, -0.25) is 4.79 Å². The zero-order chi connectivity index (χ0) is 24.8. The Balaban J connectivity index is 1.46. The maximum atomic E-state index is 12.9. The molecule has 0 heterocycles. The number of benzene rings is 1. The zero-order valence-corrected chi connectivity index (χ0v) is 21.8. The van der Waals surface area contributed by atoms with Gasteiger partial charge in [-0.2, -0.15) is 0 Å². The second-order valence-electron chi connectivity index (χ2n) is 10.7. The molecule has 4 rings (SSSR count). The summed E-state index contributed by atoms with van der Waals surface area (Å²) in [5, 5.41) is 11.5. The summed E-state index contributed by atoms with van der Waals surface area (Å²) in [6.45, 7) is 5.00. The average molecular weight is 473 g/mol. The van der Waals surface area contributed by atoms with E-state index < -0.39 is 11.0 Å². The number of allylic oxidation sites excluding steroid dienone is 1. The van der Waals surface area contributed by atoms with E-state index in [4.69, 9.17) is 9.47 Å². The van der Waals surface area contributed by atoms with E-state index in [0.29, 0.717) is 25.7 Å². The average Bonchev–Trinajstić information content (AvgIpc) is 2.83. The third kappa shape index (κ3) is 6.28. The molecule has 3 unspecified atom stereocenters. The van der Waals surface area contributed by atoms with Crippen LogP contribution in [-0.4, -0.2) is 87.6 Å². The van der Waals surface area contributed by atoms with Gasteiger partial charge in [0.15, 0.2) is 0 Å². The number of carbonyl (C=O) groups is 1. The van der Waals surface area contributed by atoms with Crippen LogP contribution in [0.25, 0.3) is 5.57 Å². The number of amides is 1. The summed E-state index contributed by atoms with van der Waals surface area (Å²) in [6.07, 6.45) is 7.14. The van der Waals surface area contributed by atoms with Crippen LogP contribution in [0.4, 0.5) is 0 Å². The zero-order valence-electron chi connectivity index (χ0n) is 21.8. The van der Waals surface area contributed by atoms with E-state index in [1.54, 1.807) is 19.1 Å². The van der Waals surface area contributed by atoms with Crippen LogP contribution in [0.15, 0.2) is 36.4 Å². The predicted octanol–water partition coefficient (Wildman–Crippen LogP) is 3.70. The van der Waals surface area contributed by atoms with Gasteiger partial charge in [0.1, 0.15) is 0 Å². The van der Waals surface area contributed by atoms with E-state index >= 15 is 0 Å². The van der Waals surface area contributed by atoms with Gasteiger partial charge in [0.05, 0.1) is 24.2 Å². The van der Waals surface area contributed by atoms with Crippen molar-refractivity contribution in [2.24, 2.45) is 17.3 Å². The van der Waals surface area contributed by atoms with Crippen molar-refractivity contribution >= 4 is 11.5 Å². The maximum absolute atomic E-state index is 12.9. The highest BCUT2D eigenvalue weighted by Crippen LogP contribution is 2.51. The highest BCUT2D eigenvalue weighted by atomic mass is 16.5. The molecule has 0 spiro atoms. The first-order chi connectivity index (χ1) is 16.2. The van der Waals surface area contributed by atoms with Gasteiger partial charge in [-0.15, -0.1) is 0 Å². The topological polar surface area (TPSA) is 62.2 Å². The van der Waals surface area contributed by atoms with Crippen LogP contribution < -0.4 is 0 Å². The Kier molecular flexibility index (Phi) is 9.33. The monoisotopic (exact) mass is 472 g/mol. The second-order valence-corrected chi connectivity index (χ2v) is 10.7. The standard InChI is InChI=1S/C28H44N2O4/c1-27(20-33-4,21-34-5)26(31)30(3)16-9-15-29(2)17-14-28(32)19-23-12-13-24(28)18-25(23)22-10-7-6-8-11-22/h6-8,10-11,18,23-24,32H,9,12-17,19-21H2,1-5H3. The summed E-state index contributed by atoms with van der Waals surface area (Å²) in [5.41, 5.74) is 1.46. The number of methoxy groups -OCH3 is 2. The summed E-state index contributed by atoms with van der Waals surface area (Å²) in [4.78, 5) is 17.0. The van der Waals surface area contributed by atoms with Crippen molar-refractivity contribution in [3.05, 3.63) is 42.0 Å². The van der Waals surface area contributed by atoms with Gasteiger partial charge in [0.2, 0.25) is 5.91 Å². The molecule has 1 N–H and O–H groups in total. The van der Waals surface area contributed by atoms with Gasteiger partial charge >= 0.3 is 0 Å². The lowest BCUT2D eigenvalue weighted by Crippen LogP contribution is -2.48. The fourth-order valence-electron chi connectivity index (χ4n) is 5.87. The first-order valence-corrected chi connectivity index (χ1v) is 12.6. The van der Waals surface area contributed by atoms with Crippen molar-refractivity contribution in [1.82, 2.24) is 9.80 Å². The molecule has 3 aliphatic carbocycles. The number of nitrogens with zero attached hydrogens (tertiary/aromatic N) is 2. The molecule has 190 valence electrons. The minimum absolute atomic E-state index is 0.0485. The number of fused-ring (bicyclic) bond motifs is 2. The van der Waals surface area contributed by atoms with Gasteiger partial charge in [-0.05, 0) is 69.7 Å². The number of aliphatic hydroxyl groups is 1. The van der Waals surface area contributed by atoms with Crippen molar-refractivity contribution < 1.29 is 19.4 Å². The summed E-state index contributed by atoms with van der Waals surface area (Å²) in [7, 11) is 7.18. The molecule has 34 heavy (non-hydrogen) atoms. The molecular formula is C28H44N2O4. The molecule has 0 saturated heterocycles. The Morgan fingerprint density at radius 2 is 1.76 bits per heavy atom. The normalized spacial score (nSPS) is 24.4. The molecule has 1 aromatic carbocycles. The van der Waals surface area contributed by atoms with Gasteiger partial charge in [-0.25, -0.2) is 0 Å². The second kappa shape index (κ2) is 11.8. The molecule has 1 amide bonds. The fourth-order valence-corrected chi connectivity index (χ4v) is 5.87. The molecular weight excluding hydrogens is 428 g/mol. The minimum atomic E-state index is -0.667. The Bertz CT molecular complexity index is 821. The van der Waals surface area contributed by atoms with E-state index in [-0.39, 0.29) is 11.8 Å². The maximum Gasteiger partial charge on any atom is 0.232 e. The van der Waals surface area contributed by atoms with Crippen LogP contribution in [0.2, 0.25) is 0 Å². The van der Waals surface area contributed by atoms with E-state index in [9.17, 15) is 9.90 Å². The Morgan fingerprint density at radius 3 is 2.35 bits per heavy atom. The summed E-state index contributed by atoms with van der Waals surface area (Å²) in [6, 6.07) is 10.6. The Morgan fingerprint density at radius 1 is 1.09 bits per heavy atom. The molecule has 6 heteroatoms.